The maximum Gasteiger partial charge on any atom is 0.286 e. The molecule has 0 unspecified atom stereocenters. The van der Waals surface area contributed by atoms with Crippen LogP contribution >= 0.6 is 0 Å². The van der Waals surface area contributed by atoms with Gasteiger partial charge in [-0.2, -0.15) is 0 Å². The number of rotatable bonds is 9. The Balaban J connectivity index is 2.14. The summed E-state index contributed by atoms with van der Waals surface area (Å²) in [4.78, 5) is 23.2. The Hall–Kier alpha value is -3.49. The quantitative estimate of drug-likeness (QED) is 0.518. The van der Waals surface area contributed by atoms with Crippen LogP contribution in [0.2, 0.25) is 0 Å². The van der Waals surface area contributed by atoms with Crippen LogP contribution in [0.1, 0.15) is 15.9 Å². The van der Waals surface area contributed by atoms with E-state index < -0.39 is 10.8 Å². The predicted molar refractivity (Wildman–Crippen MR) is 102 cm³/mol. The van der Waals surface area contributed by atoms with E-state index in [1.807, 2.05) is 12.1 Å². The van der Waals surface area contributed by atoms with Gasteiger partial charge in [-0.25, -0.2) is 0 Å². The summed E-state index contributed by atoms with van der Waals surface area (Å²) in [7, 11) is 5.85. The van der Waals surface area contributed by atoms with Gasteiger partial charge in [0.2, 0.25) is 0 Å². The number of hydrogen-bond donors (Lipinski definition) is 1. The molecule has 0 aliphatic rings. The average Bonchev–Trinajstić information content (AvgIpc) is 2.72. The van der Waals surface area contributed by atoms with Crippen LogP contribution in [0.5, 0.6) is 23.0 Å². The molecular formula is C19H22N2O7. The Morgan fingerprint density at radius 2 is 1.50 bits per heavy atom. The normalized spacial score (nSPS) is 10.1. The van der Waals surface area contributed by atoms with Gasteiger partial charge in [0.05, 0.1) is 39.4 Å². The molecule has 0 heterocycles. The van der Waals surface area contributed by atoms with Crippen LogP contribution in [-0.2, 0) is 6.42 Å². The second-order valence-electron chi connectivity index (χ2n) is 5.68. The van der Waals surface area contributed by atoms with E-state index in [2.05, 4.69) is 5.32 Å². The summed E-state index contributed by atoms with van der Waals surface area (Å²) >= 11 is 0. The zero-order chi connectivity index (χ0) is 20.7. The van der Waals surface area contributed by atoms with Crippen molar-refractivity contribution in [3.05, 3.63) is 51.6 Å². The lowest BCUT2D eigenvalue weighted by Gasteiger charge is -2.12. The number of methoxy groups -OCH3 is 4. The fourth-order valence-electron chi connectivity index (χ4n) is 2.65. The first-order valence-electron chi connectivity index (χ1n) is 8.34. The fraction of sp³-hybridized carbons (Fsp3) is 0.316. The van der Waals surface area contributed by atoms with Gasteiger partial charge >= 0.3 is 0 Å². The van der Waals surface area contributed by atoms with E-state index in [0.29, 0.717) is 17.9 Å². The Kier molecular flexibility index (Phi) is 7.02. The third-order valence-corrected chi connectivity index (χ3v) is 4.09. The van der Waals surface area contributed by atoms with Crippen LogP contribution in [0.25, 0.3) is 0 Å². The topological polar surface area (TPSA) is 109 Å². The summed E-state index contributed by atoms with van der Waals surface area (Å²) in [6.45, 7) is 0.278. The van der Waals surface area contributed by atoms with Gasteiger partial charge in [0.1, 0.15) is 5.56 Å². The van der Waals surface area contributed by atoms with Crippen LogP contribution in [-0.4, -0.2) is 45.8 Å². The number of nitrogens with one attached hydrogen (secondary N) is 1. The van der Waals surface area contributed by atoms with Crippen LogP contribution in [0.4, 0.5) is 5.69 Å². The maximum absolute atomic E-state index is 12.5. The van der Waals surface area contributed by atoms with Gasteiger partial charge in [-0.1, -0.05) is 6.07 Å². The van der Waals surface area contributed by atoms with Crippen molar-refractivity contribution in [3.8, 4) is 23.0 Å². The van der Waals surface area contributed by atoms with Crippen LogP contribution < -0.4 is 24.3 Å². The number of nitrogens with zero attached hydrogens (tertiary/aromatic N) is 1. The number of carbonyl (C=O) groups excluding carboxylic acids is 1. The van der Waals surface area contributed by atoms with Gasteiger partial charge in [0.25, 0.3) is 11.6 Å². The molecule has 0 atom stereocenters. The van der Waals surface area contributed by atoms with E-state index in [9.17, 15) is 14.9 Å². The molecule has 0 fully saturated rings. The second-order valence-corrected chi connectivity index (χ2v) is 5.68. The number of nitro benzene ring substituents is 1. The minimum absolute atomic E-state index is 0.102. The lowest BCUT2D eigenvalue weighted by molar-refractivity contribution is -0.385. The van der Waals surface area contributed by atoms with Crippen molar-refractivity contribution >= 4 is 11.6 Å². The predicted octanol–water partition coefficient (Wildman–Crippen LogP) is 2.60. The third-order valence-electron chi connectivity index (χ3n) is 4.09. The zero-order valence-electron chi connectivity index (χ0n) is 16.1. The molecule has 2 rings (SSSR count). The molecule has 0 bridgehead atoms. The first kappa shape index (κ1) is 20.8. The summed E-state index contributed by atoms with van der Waals surface area (Å²) in [6, 6.07) is 7.90. The summed E-state index contributed by atoms with van der Waals surface area (Å²) in [5.74, 6) is 1.03. The molecule has 150 valence electrons. The Morgan fingerprint density at radius 3 is 2.07 bits per heavy atom. The van der Waals surface area contributed by atoms with Crippen molar-refractivity contribution in [2.45, 2.75) is 6.42 Å². The highest BCUT2D eigenvalue weighted by atomic mass is 16.6. The molecule has 0 aliphatic carbocycles. The standard InChI is InChI=1S/C19H22N2O7/c1-25-15-6-5-12(9-16(15)26-2)7-8-20-19(22)13-10-17(27-3)18(28-4)11-14(13)21(23)24/h5-6,9-11H,7-8H2,1-4H3,(H,20,22). The van der Waals surface area contributed by atoms with Gasteiger partial charge in [-0.05, 0) is 24.1 Å². The fourth-order valence-corrected chi connectivity index (χ4v) is 2.65. The van der Waals surface area contributed by atoms with Crippen molar-refractivity contribution in [3.63, 3.8) is 0 Å². The molecule has 2 aromatic rings. The molecule has 1 N–H and O–H groups in total. The van der Waals surface area contributed by atoms with Crippen molar-refractivity contribution in [2.24, 2.45) is 0 Å². The molecule has 9 nitrogen and oxygen atoms in total. The Labute approximate surface area is 162 Å². The largest absolute Gasteiger partial charge is 0.493 e. The number of carbonyl (C=O) groups is 1. The minimum Gasteiger partial charge on any atom is -0.493 e. The summed E-state index contributed by atoms with van der Waals surface area (Å²) < 4.78 is 20.6. The Morgan fingerprint density at radius 1 is 0.929 bits per heavy atom. The number of benzene rings is 2. The highest BCUT2D eigenvalue weighted by Crippen LogP contribution is 2.34. The van der Waals surface area contributed by atoms with E-state index in [4.69, 9.17) is 18.9 Å². The van der Waals surface area contributed by atoms with Crippen LogP contribution in [0.15, 0.2) is 30.3 Å². The molecule has 0 aromatic heterocycles. The van der Waals surface area contributed by atoms with E-state index >= 15 is 0 Å². The van der Waals surface area contributed by atoms with Gasteiger partial charge < -0.3 is 24.3 Å². The number of hydrogen-bond acceptors (Lipinski definition) is 7. The molecule has 0 aliphatic heterocycles. The zero-order valence-corrected chi connectivity index (χ0v) is 16.1. The first-order chi connectivity index (χ1) is 13.4. The van der Waals surface area contributed by atoms with Gasteiger partial charge in [0.15, 0.2) is 23.0 Å². The first-order valence-corrected chi connectivity index (χ1v) is 8.34. The van der Waals surface area contributed by atoms with Crippen molar-refractivity contribution in [2.75, 3.05) is 35.0 Å². The number of nitro groups is 1. The molecule has 28 heavy (non-hydrogen) atoms. The van der Waals surface area contributed by atoms with E-state index in [1.54, 1.807) is 20.3 Å². The SMILES string of the molecule is COc1ccc(CCNC(=O)c2cc(OC)c(OC)cc2[N+](=O)[O-])cc1OC. The monoisotopic (exact) mass is 390 g/mol. The van der Waals surface area contributed by atoms with Crippen molar-refractivity contribution < 1.29 is 28.7 Å². The minimum atomic E-state index is -0.634. The number of ether oxygens (including phenoxy) is 4. The van der Waals surface area contributed by atoms with E-state index in [0.717, 1.165) is 5.56 Å². The smallest absolute Gasteiger partial charge is 0.286 e. The lowest BCUT2D eigenvalue weighted by Crippen LogP contribution is -2.26. The van der Waals surface area contributed by atoms with Gasteiger partial charge in [0, 0.05) is 12.6 Å². The molecule has 1 amide bonds. The van der Waals surface area contributed by atoms with E-state index in [-0.39, 0.29) is 29.3 Å². The summed E-state index contributed by atoms with van der Waals surface area (Å²) in [5, 5.41) is 14.0. The van der Waals surface area contributed by atoms with Crippen molar-refractivity contribution in [1.29, 1.82) is 0 Å². The highest BCUT2D eigenvalue weighted by Gasteiger charge is 2.24. The highest BCUT2D eigenvalue weighted by molar-refractivity contribution is 5.99. The van der Waals surface area contributed by atoms with Crippen molar-refractivity contribution in [1.82, 2.24) is 5.32 Å². The molecule has 2 aromatic carbocycles. The Bertz CT molecular complexity index is 868. The van der Waals surface area contributed by atoms with Crippen LogP contribution in [0.3, 0.4) is 0 Å². The molecule has 9 heteroatoms. The molecule has 0 spiro atoms. The average molecular weight is 390 g/mol. The molecule has 0 radical (unpaired) electrons. The molecular weight excluding hydrogens is 368 g/mol. The third kappa shape index (κ3) is 4.61. The lowest BCUT2D eigenvalue weighted by atomic mass is 10.1. The molecule has 0 saturated heterocycles. The number of amides is 1. The van der Waals surface area contributed by atoms with E-state index in [1.165, 1.54) is 26.4 Å². The maximum atomic E-state index is 12.5. The van der Waals surface area contributed by atoms with Gasteiger partial charge in [-0.15, -0.1) is 0 Å². The van der Waals surface area contributed by atoms with Crippen LogP contribution in [0, 0.1) is 10.1 Å². The summed E-state index contributed by atoms with van der Waals surface area (Å²) in [6.07, 6.45) is 0.507. The second kappa shape index (κ2) is 9.45. The summed E-state index contributed by atoms with van der Waals surface area (Å²) in [5.41, 5.74) is 0.455. The van der Waals surface area contributed by atoms with Gasteiger partial charge in [-0.3, -0.25) is 14.9 Å². The molecule has 0 saturated carbocycles.